The molecule has 0 aromatic carbocycles. The van der Waals surface area contributed by atoms with Crippen LogP contribution in [0.5, 0.6) is 0 Å². The molecule has 100 valence electrons. The fraction of sp³-hybridized carbons (Fsp3) is 1.00. The summed E-state index contributed by atoms with van der Waals surface area (Å²) in [6.45, 7) is 2.24. The van der Waals surface area contributed by atoms with Crippen molar-refractivity contribution in [1.82, 2.24) is 4.65 Å². The van der Waals surface area contributed by atoms with Crippen molar-refractivity contribution >= 4 is 109 Å². The molecule has 0 bridgehead atoms. The van der Waals surface area contributed by atoms with Crippen molar-refractivity contribution in [3.8, 4) is 0 Å². The summed E-state index contributed by atoms with van der Waals surface area (Å²) in [7, 11) is 1.44. The first-order chi connectivity index (χ1) is 7.38. The molecule has 1 nitrogen and oxygen atoms in total. The molecule has 0 aromatic heterocycles. The minimum atomic E-state index is -0.437. The molecule has 1 N–H and O–H groups in total. The van der Waals surface area contributed by atoms with E-state index in [0.717, 1.165) is 0 Å². The van der Waals surface area contributed by atoms with Crippen LogP contribution in [0.4, 0.5) is 0 Å². The maximum absolute atomic E-state index is 5.88. The van der Waals surface area contributed by atoms with Gasteiger partial charge in [0, 0.05) is 0 Å². The average Bonchev–Trinajstić information content (AvgIpc) is 2.31. The van der Waals surface area contributed by atoms with Crippen LogP contribution in [-0.2, 0) is 0 Å². The third-order valence-electron chi connectivity index (χ3n) is 2.18. The van der Waals surface area contributed by atoms with E-state index in [1.807, 2.05) is 0 Å². The quantitative estimate of drug-likeness (QED) is 0.521. The second-order valence-electron chi connectivity index (χ2n) is 3.37. The van der Waals surface area contributed by atoms with Crippen LogP contribution in [0, 0.1) is 0 Å². The van der Waals surface area contributed by atoms with E-state index in [4.69, 9.17) is 69.6 Å². The number of rotatable bonds is 1. The monoisotopic (exact) mass is 387 g/mol. The Morgan fingerprint density at radius 2 is 0.882 bits per heavy atom. The molecule has 1 saturated carbocycles. The van der Waals surface area contributed by atoms with Crippen LogP contribution in [-0.4, -0.2) is 71.2 Å². The first-order valence-electron chi connectivity index (χ1n) is 4.87. The standard InChI is InChI=1S/C6H6Cl6.CH9NSi2.Li.H/c7-1-2(8)4(10)6(12)5(11)3(1)9;1-4-2-3;;/h1-6H;2H,4H2,1,3H3;;/t1-,2-,3-,4+,5+,6+;;;. The summed E-state index contributed by atoms with van der Waals surface area (Å²) < 4.78 is 3.21. The van der Waals surface area contributed by atoms with Crippen LogP contribution >= 0.6 is 69.6 Å². The second kappa shape index (κ2) is 11.4. The average molecular weight is 390 g/mol. The normalized spacial score (nSPS) is 41.8. The van der Waals surface area contributed by atoms with Crippen molar-refractivity contribution in [1.29, 1.82) is 0 Å². The zero-order chi connectivity index (χ0) is 12.9. The Labute approximate surface area is 151 Å². The van der Waals surface area contributed by atoms with Gasteiger partial charge in [0.15, 0.2) is 0 Å². The molecule has 1 fully saturated rings. The molecule has 10 heteroatoms. The van der Waals surface area contributed by atoms with Crippen LogP contribution < -0.4 is 4.65 Å². The van der Waals surface area contributed by atoms with Gasteiger partial charge in [-0.15, -0.1) is 69.6 Å². The van der Waals surface area contributed by atoms with E-state index in [1.165, 1.54) is 10.4 Å². The van der Waals surface area contributed by atoms with Crippen molar-refractivity contribution in [3.63, 3.8) is 0 Å². The predicted octanol–water partition coefficient (Wildman–Crippen LogP) is 0.984. The van der Waals surface area contributed by atoms with Gasteiger partial charge in [0.2, 0.25) is 0 Å². The van der Waals surface area contributed by atoms with Gasteiger partial charge in [-0.2, -0.15) is 0 Å². The Bertz CT molecular complexity index is 145. The third kappa shape index (κ3) is 6.82. The molecule has 0 saturated heterocycles. The fourth-order valence-corrected chi connectivity index (χ4v) is 3.38. The van der Waals surface area contributed by atoms with Crippen molar-refractivity contribution in [3.05, 3.63) is 0 Å². The van der Waals surface area contributed by atoms with Gasteiger partial charge in [-0.1, -0.05) is 6.55 Å². The number of nitrogens with one attached hydrogen (secondary N) is 1. The number of hydrogen-bond acceptors (Lipinski definition) is 1. The first kappa shape index (κ1) is 22.0. The molecule has 0 unspecified atom stereocenters. The van der Waals surface area contributed by atoms with Crippen molar-refractivity contribution in [2.24, 2.45) is 0 Å². The Balaban J connectivity index is 0. The second-order valence-corrected chi connectivity index (χ2v) is 9.93. The molecule has 0 aromatic rings. The summed E-state index contributed by atoms with van der Waals surface area (Å²) in [5.74, 6) is 0. The van der Waals surface area contributed by atoms with E-state index in [2.05, 4.69) is 11.2 Å². The van der Waals surface area contributed by atoms with E-state index < -0.39 is 32.3 Å². The van der Waals surface area contributed by atoms with E-state index in [9.17, 15) is 0 Å². The van der Waals surface area contributed by atoms with Gasteiger partial charge in [0.25, 0.3) is 0 Å². The molecular weight excluding hydrogens is 374 g/mol. The molecule has 1 aliphatic rings. The molecule has 1 rings (SSSR count). The van der Waals surface area contributed by atoms with Gasteiger partial charge in [-0.05, 0) is 0 Å². The predicted molar refractivity (Wildman–Crippen MR) is 92.5 cm³/mol. The van der Waals surface area contributed by atoms with Crippen LogP contribution in [0.15, 0.2) is 0 Å². The Morgan fingerprint density at radius 3 is 0.941 bits per heavy atom. The summed E-state index contributed by atoms with van der Waals surface area (Å²) >= 11 is 35.3. The molecule has 0 atom stereocenters. The summed E-state index contributed by atoms with van der Waals surface area (Å²) in [6, 6.07) is 0. The summed E-state index contributed by atoms with van der Waals surface area (Å²) in [6.07, 6.45) is 0. The molecule has 17 heavy (non-hydrogen) atoms. The zero-order valence-corrected chi connectivity index (χ0v) is 16.9. The molecule has 0 radical (unpaired) electrons. The number of halogens is 6. The van der Waals surface area contributed by atoms with Crippen molar-refractivity contribution in [2.45, 2.75) is 38.8 Å². The van der Waals surface area contributed by atoms with E-state index in [-0.39, 0.29) is 28.5 Å². The molecule has 0 heterocycles. The summed E-state index contributed by atoms with van der Waals surface area (Å²) in [5.41, 5.74) is 0. The summed E-state index contributed by atoms with van der Waals surface area (Å²) in [5, 5.41) is -2.62. The Hall–Kier alpha value is 2.73. The van der Waals surface area contributed by atoms with Gasteiger partial charge in [0.05, 0.1) is 52.3 Å². The van der Waals surface area contributed by atoms with Crippen LogP contribution in [0.25, 0.3) is 0 Å². The van der Waals surface area contributed by atoms with Gasteiger partial charge < -0.3 is 4.65 Å². The third-order valence-corrected chi connectivity index (χ3v) is 9.04. The molecule has 0 spiro atoms. The SMILES string of the molecule is C[SiH2]N[SiH3].Cl[C@H]1[C@H](Cl)[C@@H](Cl)[C@@H](Cl)[C@H](Cl)[C@H]1Cl.[LiH]. The molecule has 0 aliphatic heterocycles. The van der Waals surface area contributed by atoms with E-state index >= 15 is 0 Å². The van der Waals surface area contributed by atoms with Crippen LogP contribution in [0.3, 0.4) is 0 Å². The van der Waals surface area contributed by atoms with Gasteiger partial charge in [-0.3, -0.25) is 0 Å². The van der Waals surface area contributed by atoms with Gasteiger partial charge >= 0.3 is 18.9 Å². The molecular formula is C7H16Cl6LiNSi2. The first-order valence-corrected chi connectivity index (χ1v) is 10.6. The molecule has 1 aliphatic carbocycles. The van der Waals surface area contributed by atoms with E-state index in [1.54, 1.807) is 0 Å². The van der Waals surface area contributed by atoms with Crippen molar-refractivity contribution < 1.29 is 0 Å². The van der Waals surface area contributed by atoms with Crippen molar-refractivity contribution in [2.75, 3.05) is 0 Å². The fourth-order valence-electron chi connectivity index (χ4n) is 1.05. The molecule has 0 amide bonds. The van der Waals surface area contributed by atoms with Crippen LogP contribution in [0.1, 0.15) is 0 Å². The van der Waals surface area contributed by atoms with Gasteiger partial charge in [-0.25, -0.2) is 0 Å². The number of hydrogen-bond donors (Lipinski definition) is 1. The minimum absolute atomic E-state index is 0. The van der Waals surface area contributed by atoms with Crippen LogP contribution in [0.2, 0.25) is 6.55 Å². The summed E-state index contributed by atoms with van der Waals surface area (Å²) in [4.78, 5) is 0. The topological polar surface area (TPSA) is 12.0 Å². The zero-order valence-electron chi connectivity index (χ0n) is 8.94. The van der Waals surface area contributed by atoms with Gasteiger partial charge in [0.1, 0.15) is 0 Å². The maximum atomic E-state index is 5.88. The Kier molecular flexibility index (Phi) is 14.8. The van der Waals surface area contributed by atoms with E-state index in [0.29, 0.717) is 0 Å². The Morgan fingerprint density at radius 1 is 0.765 bits per heavy atom. The number of alkyl halides is 6.